The third kappa shape index (κ3) is 19.4. The largest absolute Gasteiger partial charge is 0.662 e. The van der Waals surface area contributed by atoms with Crippen molar-refractivity contribution in [1.82, 2.24) is 0 Å². The maximum Gasteiger partial charge on any atom is 0.662 e. The molecule has 0 fully saturated rings. The minimum atomic E-state index is -1.82. The Morgan fingerprint density at radius 2 is 1.22 bits per heavy atom. The van der Waals surface area contributed by atoms with Crippen LogP contribution < -0.4 is 0 Å². The molecule has 6 heteroatoms. The van der Waals surface area contributed by atoms with Gasteiger partial charge in [-0.15, -0.1) is 0 Å². The zero-order chi connectivity index (χ0) is 12.8. The van der Waals surface area contributed by atoms with Gasteiger partial charge in [-0.05, 0) is 6.42 Å². The van der Waals surface area contributed by atoms with E-state index in [0.717, 1.165) is 12.8 Å². The molecule has 105 valence electrons. The number of hydrogen-bond donors (Lipinski definition) is 2. The van der Waals surface area contributed by atoms with Gasteiger partial charge in [0.2, 0.25) is 0 Å². The van der Waals surface area contributed by atoms with Crippen molar-refractivity contribution in [3.05, 3.63) is 0 Å². The van der Waals surface area contributed by atoms with Crippen LogP contribution in [0.5, 0.6) is 0 Å². The van der Waals surface area contributed by atoms with Gasteiger partial charge in [-0.1, -0.05) is 64.7 Å². The van der Waals surface area contributed by atoms with Crippen LogP contribution in [0.2, 0.25) is 0 Å². The van der Waals surface area contributed by atoms with Crippen molar-refractivity contribution in [1.29, 1.82) is 0 Å². The number of hydrogen-bond acceptors (Lipinski definition) is 4. The van der Waals surface area contributed by atoms with Gasteiger partial charge >= 0.3 is 7.32 Å². The maximum absolute atomic E-state index is 8.32. The molecule has 0 atom stereocenters. The van der Waals surface area contributed by atoms with Gasteiger partial charge < -0.3 is 10.0 Å². The van der Waals surface area contributed by atoms with Crippen LogP contribution >= 0.6 is 0 Å². The molecule has 0 unspecified atom stereocenters. The predicted molar refractivity (Wildman–Crippen MR) is 69.1 cm³/mol. The summed E-state index contributed by atoms with van der Waals surface area (Å²) in [6.45, 7) is 2.66. The summed E-state index contributed by atoms with van der Waals surface area (Å²) < 4.78 is 0. The van der Waals surface area contributed by atoms with Gasteiger partial charge in [0.05, 0.1) is 6.61 Å². The summed E-state index contributed by atoms with van der Waals surface area (Å²) in [7, 11) is -1.82. The first-order valence-electron chi connectivity index (χ1n) is 6.91. The van der Waals surface area contributed by atoms with Crippen LogP contribution in [0.15, 0.2) is 0 Å². The van der Waals surface area contributed by atoms with Crippen LogP contribution in [-0.4, -0.2) is 24.0 Å². The summed E-state index contributed by atoms with van der Waals surface area (Å²) in [5.74, 6) is 0. The molecular formula is C12H27BLaO4. The van der Waals surface area contributed by atoms with Crippen molar-refractivity contribution in [2.45, 2.75) is 71.1 Å². The number of unbranched alkanes of at least 4 members (excludes halogenated alkanes) is 9. The Morgan fingerprint density at radius 3 is 1.67 bits per heavy atom. The van der Waals surface area contributed by atoms with Gasteiger partial charge in [-0.3, -0.25) is 0 Å². The van der Waals surface area contributed by atoms with E-state index in [4.69, 9.17) is 10.0 Å². The summed E-state index contributed by atoms with van der Waals surface area (Å²) in [5, 5.41) is 16.6. The van der Waals surface area contributed by atoms with E-state index < -0.39 is 7.32 Å². The molecule has 0 saturated heterocycles. The molecule has 1 radical (unpaired) electrons. The van der Waals surface area contributed by atoms with E-state index in [1.807, 2.05) is 0 Å². The van der Waals surface area contributed by atoms with Gasteiger partial charge in [0, 0.05) is 35.6 Å². The van der Waals surface area contributed by atoms with Crippen LogP contribution in [-0.2, 0) is 9.69 Å². The second-order valence-electron chi connectivity index (χ2n) is 4.43. The molecule has 0 saturated carbocycles. The third-order valence-corrected chi connectivity index (χ3v) is 2.74. The van der Waals surface area contributed by atoms with Crippen molar-refractivity contribution >= 4 is 7.32 Å². The molecule has 0 aliphatic rings. The van der Waals surface area contributed by atoms with Crippen LogP contribution in [0.4, 0.5) is 0 Å². The van der Waals surface area contributed by atoms with E-state index in [9.17, 15) is 0 Å². The van der Waals surface area contributed by atoms with Crippen molar-refractivity contribution in [2.75, 3.05) is 6.61 Å². The van der Waals surface area contributed by atoms with Crippen molar-refractivity contribution in [3.8, 4) is 0 Å². The minimum Gasteiger partial charge on any atom is -0.400 e. The second-order valence-corrected chi connectivity index (χ2v) is 4.43. The van der Waals surface area contributed by atoms with E-state index in [1.54, 1.807) is 0 Å². The molecule has 0 aromatic heterocycles. The second kappa shape index (κ2) is 18.1. The van der Waals surface area contributed by atoms with Crippen molar-refractivity contribution in [3.63, 3.8) is 0 Å². The average Bonchev–Trinajstić information content (AvgIpc) is 2.30. The van der Waals surface area contributed by atoms with Crippen LogP contribution in [0.3, 0.4) is 0 Å². The monoisotopic (exact) mass is 385 g/mol. The van der Waals surface area contributed by atoms with Crippen molar-refractivity contribution in [2.24, 2.45) is 0 Å². The van der Waals surface area contributed by atoms with Gasteiger partial charge in [0.15, 0.2) is 0 Å². The fourth-order valence-electron chi connectivity index (χ4n) is 1.76. The Kier molecular flexibility index (Phi) is 21.5. The summed E-state index contributed by atoms with van der Waals surface area (Å²) in [5.41, 5.74) is 0. The summed E-state index contributed by atoms with van der Waals surface area (Å²) in [6, 6.07) is 0. The Morgan fingerprint density at radius 1 is 0.778 bits per heavy atom. The Labute approximate surface area is 140 Å². The summed E-state index contributed by atoms with van der Waals surface area (Å²) in [6.07, 6.45) is 12.6. The van der Waals surface area contributed by atoms with Gasteiger partial charge in [-0.25, -0.2) is 9.69 Å². The van der Waals surface area contributed by atoms with Crippen LogP contribution in [0.25, 0.3) is 0 Å². The molecule has 4 nitrogen and oxygen atoms in total. The summed E-state index contributed by atoms with van der Waals surface area (Å²) >= 11 is 0. The first-order chi connectivity index (χ1) is 8.27. The quantitative estimate of drug-likeness (QED) is 0.222. The third-order valence-electron chi connectivity index (χ3n) is 2.74. The molecule has 18 heavy (non-hydrogen) atoms. The molecule has 0 spiro atoms. The molecule has 0 bridgehead atoms. The topological polar surface area (TPSA) is 58.9 Å². The van der Waals surface area contributed by atoms with E-state index in [-0.39, 0.29) is 35.6 Å². The molecule has 0 aliphatic heterocycles. The van der Waals surface area contributed by atoms with E-state index >= 15 is 0 Å². The van der Waals surface area contributed by atoms with E-state index in [0.29, 0.717) is 6.61 Å². The zero-order valence-electron chi connectivity index (χ0n) is 11.6. The van der Waals surface area contributed by atoms with Gasteiger partial charge in [0.25, 0.3) is 0 Å². The Balaban J connectivity index is 0. The van der Waals surface area contributed by atoms with Crippen molar-refractivity contribution < 1.29 is 55.3 Å². The molecule has 0 rings (SSSR count). The smallest absolute Gasteiger partial charge is 0.400 e. The fourth-order valence-corrected chi connectivity index (χ4v) is 1.76. The molecule has 0 aromatic rings. The van der Waals surface area contributed by atoms with Crippen LogP contribution in [0, 0.1) is 35.6 Å². The number of rotatable bonds is 13. The minimum absolute atomic E-state index is 0. The molecule has 0 aromatic carbocycles. The molecular weight excluding hydrogens is 358 g/mol. The zero-order valence-corrected chi connectivity index (χ0v) is 15.3. The SMILES string of the molecule is CCCCCCCCCCCCOOB(O)O.[La]. The average molecular weight is 385 g/mol. The molecule has 0 amide bonds. The fraction of sp³-hybridized carbons (Fsp3) is 1.00. The molecule has 0 aliphatic carbocycles. The Bertz CT molecular complexity index is 150. The predicted octanol–water partition coefficient (Wildman–Crippen LogP) is 2.83. The van der Waals surface area contributed by atoms with Crippen LogP contribution in [0.1, 0.15) is 71.1 Å². The van der Waals surface area contributed by atoms with Gasteiger partial charge in [0.1, 0.15) is 0 Å². The van der Waals surface area contributed by atoms with E-state index in [1.165, 1.54) is 51.4 Å². The van der Waals surface area contributed by atoms with Gasteiger partial charge in [-0.2, -0.15) is 0 Å². The molecule has 0 heterocycles. The normalized spacial score (nSPS) is 10.2. The first-order valence-corrected chi connectivity index (χ1v) is 6.91. The standard InChI is InChI=1S/C12H27BO4.La/c1-2-3-4-5-6-7-8-9-10-11-12-16-17-13(14)15;/h14-15H,2-12H2,1H3;. The molecule has 2 N–H and O–H groups in total. The summed E-state index contributed by atoms with van der Waals surface area (Å²) in [4.78, 5) is 8.70. The first kappa shape index (κ1) is 21.4. The van der Waals surface area contributed by atoms with E-state index in [2.05, 4.69) is 16.6 Å². The maximum atomic E-state index is 8.32. The Hall–Kier alpha value is 1.10.